The molecule has 0 aromatic rings. The van der Waals surface area contributed by atoms with Gasteiger partial charge in [-0.25, -0.2) is 13.6 Å². The maximum Gasteiger partial charge on any atom is 0.410 e. The van der Waals surface area contributed by atoms with Gasteiger partial charge in [0.25, 0.3) is 5.92 Å². The molecule has 1 spiro atoms. The molecule has 0 aromatic heterocycles. The van der Waals surface area contributed by atoms with E-state index in [0.717, 1.165) is 38.9 Å². The summed E-state index contributed by atoms with van der Waals surface area (Å²) in [6, 6.07) is 0. The topological polar surface area (TPSA) is 53.6 Å². The molecule has 0 aliphatic carbocycles. The molecular weight excluding hydrogens is 328 g/mol. The van der Waals surface area contributed by atoms with Gasteiger partial charge in [-0.1, -0.05) is 0 Å². The van der Waals surface area contributed by atoms with Gasteiger partial charge in [-0.15, -0.1) is 12.4 Å². The van der Waals surface area contributed by atoms with E-state index in [1.165, 1.54) is 0 Å². The maximum absolute atomic E-state index is 12.0. The molecule has 0 atom stereocenters. The van der Waals surface area contributed by atoms with Crippen LogP contribution >= 0.6 is 12.4 Å². The highest BCUT2D eigenvalue weighted by Gasteiger charge is 2.49. The first-order valence-electron chi connectivity index (χ1n) is 7.94. The number of amides is 1. The summed E-state index contributed by atoms with van der Waals surface area (Å²) in [5.74, 6) is -2.39. The van der Waals surface area contributed by atoms with E-state index >= 15 is 0 Å². The molecule has 0 bridgehead atoms. The molecule has 3 heterocycles. The van der Waals surface area contributed by atoms with Crippen LogP contribution in [0.25, 0.3) is 0 Å². The normalized spacial score (nSPS) is 24.3. The largest absolute Gasteiger partial charge is 0.444 e. The number of carbonyl (C=O) groups is 1. The van der Waals surface area contributed by atoms with Gasteiger partial charge < -0.3 is 20.3 Å². The number of hydrogen-bond donors (Lipinski definition) is 2. The van der Waals surface area contributed by atoms with Crippen LogP contribution in [-0.2, 0) is 4.74 Å². The van der Waals surface area contributed by atoms with Crippen molar-refractivity contribution in [2.24, 2.45) is 0 Å². The van der Waals surface area contributed by atoms with Crippen LogP contribution in [0.2, 0.25) is 0 Å². The number of alkyl halides is 2. The van der Waals surface area contributed by atoms with Crippen LogP contribution in [0, 0.1) is 0 Å². The quantitative estimate of drug-likeness (QED) is 0.700. The highest BCUT2D eigenvalue weighted by molar-refractivity contribution is 5.85. The number of likely N-dealkylation sites (tertiary alicyclic amines) is 1. The van der Waals surface area contributed by atoms with Crippen molar-refractivity contribution >= 4 is 18.5 Å². The summed E-state index contributed by atoms with van der Waals surface area (Å²) in [6.07, 6.45) is 3.12. The van der Waals surface area contributed by atoms with E-state index in [1.54, 1.807) is 0 Å². The minimum absolute atomic E-state index is 0. The summed E-state index contributed by atoms with van der Waals surface area (Å²) in [4.78, 5) is 13.9. The summed E-state index contributed by atoms with van der Waals surface area (Å²) in [5, 5.41) is 5.79. The molecule has 0 unspecified atom stereocenters. The second-order valence-corrected chi connectivity index (χ2v) is 7.32. The lowest BCUT2D eigenvalue weighted by atomic mass is 9.77. The molecule has 3 aliphatic heterocycles. The third-order valence-corrected chi connectivity index (χ3v) is 4.29. The molecular formula is C15H28ClF2N3O2. The monoisotopic (exact) mass is 355 g/mol. The standard InChI is InChI=1S/C12H22N2O2.C3H5F2N.ClH/c1-11(2,3)16-10(15)14-9-6-12(14)4-7-13-8-5-12;4-3(5)1-6-2-3;/h13H,4-9H2,1-3H3;6H,1-2H2;1H. The van der Waals surface area contributed by atoms with Gasteiger partial charge in [0, 0.05) is 6.54 Å². The van der Waals surface area contributed by atoms with Crippen LogP contribution in [0.3, 0.4) is 0 Å². The van der Waals surface area contributed by atoms with Crippen LogP contribution < -0.4 is 10.6 Å². The Bertz CT molecular complexity index is 404. The van der Waals surface area contributed by atoms with Crippen molar-refractivity contribution < 1.29 is 18.3 Å². The number of ether oxygens (including phenoxy) is 1. The molecule has 0 saturated carbocycles. The number of carbonyl (C=O) groups excluding carboxylic acids is 1. The van der Waals surface area contributed by atoms with Gasteiger partial charge in [0.1, 0.15) is 5.60 Å². The summed E-state index contributed by atoms with van der Waals surface area (Å²) in [5.41, 5.74) is -0.283. The van der Waals surface area contributed by atoms with Crippen LogP contribution in [0.15, 0.2) is 0 Å². The molecule has 8 heteroatoms. The van der Waals surface area contributed by atoms with Crippen molar-refractivity contribution in [2.75, 3.05) is 32.7 Å². The third kappa shape index (κ3) is 5.43. The van der Waals surface area contributed by atoms with E-state index in [1.807, 2.05) is 25.7 Å². The van der Waals surface area contributed by atoms with Crippen molar-refractivity contribution in [1.29, 1.82) is 0 Å². The first kappa shape index (κ1) is 20.4. The number of piperidine rings is 1. The Morgan fingerprint density at radius 2 is 1.61 bits per heavy atom. The lowest BCUT2D eigenvalue weighted by Crippen LogP contribution is -2.66. The average Bonchev–Trinajstić information content (AvgIpc) is 2.35. The Morgan fingerprint density at radius 1 is 1.09 bits per heavy atom. The number of hydrogen-bond acceptors (Lipinski definition) is 4. The Morgan fingerprint density at radius 3 is 1.91 bits per heavy atom. The molecule has 3 rings (SSSR count). The fraction of sp³-hybridized carbons (Fsp3) is 0.933. The van der Waals surface area contributed by atoms with Crippen LogP contribution in [0.1, 0.15) is 40.0 Å². The second-order valence-electron chi connectivity index (χ2n) is 7.32. The Kier molecular flexibility index (Phi) is 6.64. The van der Waals surface area contributed by atoms with Crippen molar-refractivity contribution in [3.8, 4) is 0 Å². The zero-order valence-electron chi connectivity index (χ0n) is 14.1. The van der Waals surface area contributed by atoms with Gasteiger partial charge in [-0.3, -0.25) is 0 Å². The van der Waals surface area contributed by atoms with Crippen LogP contribution in [-0.4, -0.2) is 60.8 Å². The second kappa shape index (κ2) is 7.49. The predicted octanol–water partition coefficient (Wildman–Crippen LogP) is 2.40. The van der Waals surface area contributed by atoms with Crippen molar-refractivity contribution in [3.05, 3.63) is 0 Å². The van der Waals surface area contributed by atoms with E-state index in [0.29, 0.717) is 0 Å². The van der Waals surface area contributed by atoms with E-state index < -0.39 is 5.92 Å². The molecule has 1 amide bonds. The molecule has 5 nitrogen and oxygen atoms in total. The molecule has 3 saturated heterocycles. The molecule has 3 aliphatic rings. The fourth-order valence-electron chi connectivity index (χ4n) is 2.87. The molecule has 3 fully saturated rings. The lowest BCUT2D eigenvalue weighted by Gasteiger charge is -2.54. The summed E-state index contributed by atoms with van der Waals surface area (Å²) in [6.45, 7) is 8.37. The Hall–Kier alpha value is -0.660. The van der Waals surface area contributed by atoms with Gasteiger partial charge in [-0.05, 0) is 53.1 Å². The number of nitrogens with zero attached hydrogens (tertiary/aromatic N) is 1. The van der Waals surface area contributed by atoms with E-state index in [2.05, 4.69) is 10.6 Å². The Labute approximate surface area is 142 Å². The smallest absolute Gasteiger partial charge is 0.410 e. The van der Waals surface area contributed by atoms with Gasteiger partial charge in [0.2, 0.25) is 0 Å². The van der Waals surface area contributed by atoms with Gasteiger partial charge in [-0.2, -0.15) is 0 Å². The zero-order valence-corrected chi connectivity index (χ0v) is 14.9. The highest BCUT2D eigenvalue weighted by atomic mass is 35.5. The highest BCUT2D eigenvalue weighted by Crippen LogP contribution is 2.39. The van der Waals surface area contributed by atoms with Crippen LogP contribution in [0.4, 0.5) is 13.6 Å². The van der Waals surface area contributed by atoms with Gasteiger partial charge in [0.05, 0.1) is 18.6 Å². The maximum atomic E-state index is 12.0. The summed E-state index contributed by atoms with van der Waals surface area (Å²) >= 11 is 0. The summed E-state index contributed by atoms with van der Waals surface area (Å²) in [7, 11) is 0. The molecule has 136 valence electrons. The molecule has 0 aromatic carbocycles. The third-order valence-electron chi connectivity index (χ3n) is 4.29. The first-order chi connectivity index (χ1) is 10.1. The predicted molar refractivity (Wildman–Crippen MR) is 87.5 cm³/mol. The fourth-order valence-corrected chi connectivity index (χ4v) is 2.87. The summed E-state index contributed by atoms with van der Waals surface area (Å²) < 4.78 is 28.4. The molecule has 23 heavy (non-hydrogen) atoms. The zero-order chi connectivity index (χ0) is 16.4. The number of nitrogens with one attached hydrogen (secondary N) is 2. The van der Waals surface area contributed by atoms with Crippen molar-refractivity contribution in [1.82, 2.24) is 15.5 Å². The number of halogens is 3. The SMILES string of the molecule is CC(C)(C)OC(=O)N1CCC12CCNCC2.Cl.FC1(F)CNC1. The minimum atomic E-state index is -2.39. The van der Waals surface area contributed by atoms with Gasteiger partial charge >= 0.3 is 6.09 Å². The lowest BCUT2D eigenvalue weighted by molar-refractivity contribution is -0.0564. The van der Waals surface area contributed by atoms with E-state index in [4.69, 9.17) is 4.74 Å². The van der Waals surface area contributed by atoms with Crippen molar-refractivity contribution in [2.45, 2.75) is 57.1 Å². The minimum Gasteiger partial charge on any atom is -0.444 e. The molecule has 0 radical (unpaired) electrons. The number of rotatable bonds is 0. The average molecular weight is 356 g/mol. The Balaban J connectivity index is 0.000000320. The molecule has 2 N–H and O–H groups in total. The van der Waals surface area contributed by atoms with E-state index in [-0.39, 0.29) is 42.7 Å². The van der Waals surface area contributed by atoms with Crippen LogP contribution in [0.5, 0.6) is 0 Å². The van der Waals surface area contributed by atoms with Gasteiger partial charge in [0.15, 0.2) is 0 Å². The first-order valence-corrected chi connectivity index (χ1v) is 7.94. The van der Waals surface area contributed by atoms with Crippen molar-refractivity contribution in [3.63, 3.8) is 0 Å². The van der Waals surface area contributed by atoms with E-state index in [9.17, 15) is 13.6 Å².